The van der Waals surface area contributed by atoms with E-state index < -0.39 is 0 Å². The molecule has 3 nitrogen and oxygen atoms in total. The average Bonchev–Trinajstić information content (AvgIpc) is 2.35. The predicted molar refractivity (Wildman–Crippen MR) is 67.9 cm³/mol. The SMILES string of the molecule is COCC1CCCN(Cc2cc(F)ccc2O)C1. The zero-order valence-corrected chi connectivity index (χ0v) is 10.7. The Kier molecular flexibility index (Phi) is 4.55. The van der Waals surface area contributed by atoms with Crippen molar-refractivity contribution < 1.29 is 14.2 Å². The molecule has 18 heavy (non-hydrogen) atoms. The van der Waals surface area contributed by atoms with Crippen molar-refractivity contribution in [1.29, 1.82) is 0 Å². The van der Waals surface area contributed by atoms with Crippen molar-refractivity contribution >= 4 is 0 Å². The van der Waals surface area contributed by atoms with Gasteiger partial charge in [0.25, 0.3) is 0 Å². The maximum Gasteiger partial charge on any atom is 0.123 e. The van der Waals surface area contributed by atoms with E-state index in [2.05, 4.69) is 4.90 Å². The van der Waals surface area contributed by atoms with Gasteiger partial charge >= 0.3 is 0 Å². The molecule has 1 aliphatic heterocycles. The summed E-state index contributed by atoms with van der Waals surface area (Å²) in [5.41, 5.74) is 0.660. The zero-order valence-electron chi connectivity index (χ0n) is 10.7. The van der Waals surface area contributed by atoms with Crippen molar-refractivity contribution in [3.8, 4) is 5.75 Å². The molecule has 1 aromatic carbocycles. The summed E-state index contributed by atoms with van der Waals surface area (Å²) in [5.74, 6) is 0.415. The van der Waals surface area contributed by atoms with Gasteiger partial charge in [-0.25, -0.2) is 4.39 Å². The Morgan fingerprint density at radius 1 is 1.50 bits per heavy atom. The van der Waals surface area contributed by atoms with Crippen molar-refractivity contribution in [3.63, 3.8) is 0 Å². The molecule has 0 radical (unpaired) electrons. The van der Waals surface area contributed by atoms with Crippen LogP contribution in [0.5, 0.6) is 5.75 Å². The van der Waals surface area contributed by atoms with Crippen LogP contribution in [0, 0.1) is 11.7 Å². The number of ether oxygens (including phenoxy) is 1. The summed E-state index contributed by atoms with van der Waals surface area (Å²) >= 11 is 0. The van der Waals surface area contributed by atoms with E-state index in [1.54, 1.807) is 7.11 Å². The van der Waals surface area contributed by atoms with Gasteiger partial charge in [0.15, 0.2) is 0 Å². The summed E-state index contributed by atoms with van der Waals surface area (Å²) in [7, 11) is 1.72. The standard InChI is InChI=1S/C14H20FNO2/c1-18-10-11-3-2-6-16(8-11)9-12-7-13(15)4-5-14(12)17/h4-5,7,11,17H,2-3,6,8-10H2,1H3. The summed E-state index contributed by atoms with van der Waals surface area (Å²) in [6.45, 7) is 3.31. The van der Waals surface area contributed by atoms with Crippen LogP contribution in [0.15, 0.2) is 18.2 Å². The largest absolute Gasteiger partial charge is 0.508 e. The van der Waals surface area contributed by atoms with E-state index in [0.717, 1.165) is 26.1 Å². The summed E-state index contributed by atoms with van der Waals surface area (Å²) < 4.78 is 18.3. The fourth-order valence-electron chi connectivity index (χ4n) is 2.59. The van der Waals surface area contributed by atoms with E-state index in [-0.39, 0.29) is 11.6 Å². The van der Waals surface area contributed by atoms with Crippen LogP contribution >= 0.6 is 0 Å². The Balaban J connectivity index is 1.98. The molecule has 1 N–H and O–H groups in total. The molecule has 100 valence electrons. The quantitative estimate of drug-likeness (QED) is 0.894. The summed E-state index contributed by atoms with van der Waals surface area (Å²) in [4.78, 5) is 2.25. The molecular weight excluding hydrogens is 233 g/mol. The van der Waals surface area contributed by atoms with E-state index in [1.807, 2.05) is 0 Å². The molecule has 1 heterocycles. The van der Waals surface area contributed by atoms with E-state index in [4.69, 9.17) is 4.74 Å². The Labute approximate surface area is 107 Å². The van der Waals surface area contributed by atoms with Gasteiger partial charge in [-0.3, -0.25) is 4.90 Å². The predicted octanol–water partition coefficient (Wildman–Crippen LogP) is 2.39. The number of phenolic OH excluding ortho intramolecular Hbond substituents is 1. The van der Waals surface area contributed by atoms with Gasteiger partial charge in [-0.05, 0) is 43.5 Å². The third kappa shape index (κ3) is 3.43. The highest BCUT2D eigenvalue weighted by Gasteiger charge is 2.20. The van der Waals surface area contributed by atoms with Crippen molar-refractivity contribution in [3.05, 3.63) is 29.6 Å². The molecule has 1 aromatic rings. The fourth-order valence-corrected chi connectivity index (χ4v) is 2.59. The highest BCUT2D eigenvalue weighted by molar-refractivity contribution is 5.32. The number of hydrogen-bond acceptors (Lipinski definition) is 3. The second-order valence-electron chi connectivity index (χ2n) is 4.97. The van der Waals surface area contributed by atoms with Crippen molar-refractivity contribution in [2.75, 3.05) is 26.8 Å². The molecule has 0 aliphatic carbocycles. The van der Waals surface area contributed by atoms with Crippen LogP contribution in [0.25, 0.3) is 0 Å². The van der Waals surface area contributed by atoms with Crippen LogP contribution in [0.3, 0.4) is 0 Å². The highest BCUT2D eigenvalue weighted by Crippen LogP contribution is 2.23. The van der Waals surface area contributed by atoms with Gasteiger partial charge in [-0.1, -0.05) is 0 Å². The van der Waals surface area contributed by atoms with E-state index in [9.17, 15) is 9.50 Å². The molecule has 1 aliphatic rings. The van der Waals surface area contributed by atoms with Crippen LogP contribution < -0.4 is 0 Å². The van der Waals surface area contributed by atoms with E-state index in [1.165, 1.54) is 24.6 Å². The first-order valence-corrected chi connectivity index (χ1v) is 6.37. The number of likely N-dealkylation sites (tertiary alicyclic amines) is 1. The van der Waals surface area contributed by atoms with Gasteiger partial charge in [-0.15, -0.1) is 0 Å². The van der Waals surface area contributed by atoms with Gasteiger partial charge in [0.05, 0.1) is 6.61 Å². The maximum atomic E-state index is 13.1. The lowest BCUT2D eigenvalue weighted by atomic mass is 9.98. The molecule has 2 rings (SSSR count). The minimum absolute atomic E-state index is 0.172. The maximum absolute atomic E-state index is 13.1. The third-order valence-electron chi connectivity index (χ3n) is 3.44. The molecule has 0 bridgehead atoms. The fraction of sp³-hybridized carbons (Fsp3) is 0.571. The van der Waals surface area contributed by atoms with Crippen LogP contribution in [0.4, 0.5) is 4.39 Å². The van der Waals surface area contributed by atoms with Crippen LogP contribution in [-0.2, 0) is 11.3 Å². The van der Waals surface area contributed by atoms with E-state index >= 15 is 0 Å². The molecular formula is C14H20FNO2. The molecule has 1 saturated heterocycles. The van der Waals surface area contributed by atoms with Crippen molar-refractivity contribution in [2.45, 2.75) is 19.4 Å². The summed E-state index contributed by atoms with van der Waals surface area (Å²) in [6.07, 6.45) is 2.31. The Bertz CT molecular complexity index is 395. The van der Waals surface area contributed by atoms with Gasteiger partial charge in [0, 0.05) is 25.8 Å². The number of phenols is 1. The molecule has 4 heteroatoms. The number of halogens is 1. The summed E-state index contributed by atoms with van der Waals surface area (Å²) in [6, 6.07) is 4.11. The van der Waals surface area contributed by atoms with Gasteiger partial charge in [0.1, 0.15) is 11.6 Å². The molecule has 0 amide bonds. The van der Waals surface area contributed by atoms with Gasteiger partial charge < -0.3 is 9.84 Å². The lowest BCUT2D eigenvalue weighted by Gasteiger charge is -2.32. The first-order chi connectivity index (χ1) is 8.69. The normalized spacial score (nSPS) is 21.1. The molecule has 1 unspecified atom stereocenters. The monoisotopic (exact) mass is 253 g/mol. The highest BCUT2D eigenvalue weighted by atomic mass is 19.1. The number of benzene rings is 1. The topological polar surface area (TPSA) is 32.7 Å². The average molecular weight is 253 g/mol. The molecule has 0 spiro atoms. The number of nitrogens with zero attached hydrogens (tertiary/aromatic N) is 1. The van der Waals surface area contributed by atoms with Gasteiger partial charge in [0.2, 0.25) is 0 Å². The van der Waals surface area contributed by atoms with Crippen molar-refractivity contribution in [1.82, 2.24) is 4.90 Å². The van der Waals surface area contributed by atoms with Crippen LogP contribution in [0.1, 0.15) is 18.4 Å². The second-order valence-corrected chi connectivity index (χ2v) is 4.97. The Morgan fingerprint density at radius 2 is 2.33 bits per heavy atom. The smallest absolute Gasteiger partial charge is 0.123 e. The van der Waals surface area contributed by atoms with Gasteiger partial charge in [-0.2, -0.15) is 0 Å². The number of hydrogen-bond donors (Lipinski definition) is 1. The number of aromatic hydroxyl groups is 1. The number of rotatable bonds is 4. The molecule has 1 fully saturated rings. The first kappa shape index (κ1) is 13.3. The number of methoxy groups -OCH3 is 1. The third-order valence-corrected chi connectivity index (χ3v) is 3.44. The van der Waals surface area contributed by atoms with Crippen molar-refractivity contribution in [2.24, 2.45) is 5.92 Å². The lowest BCUT2D eigenvalue weighted by Crippen LogP contribution is -2.36. The molecule has 0 saturated carbocycles. The summed E-state index contributed by atoms with van der Waals surface area (Å²) in [5, 5.41) is 9.72. The molecule has 1 atom stereocenters. The lowest BCUT2D eigenvalue weighted by molar-refractivity contribution is 0.0870. The first-order valence-electron chi connectivity index (χ1n) is 6.37. The minimum atomic E-state index is -0.298. The van der Waals surface area contributed by atoms with Crippen LogP contribution in [0.2, 0.25) is 0 Å². The second kappa shape index (κ2) is 6.16. The van der Waals surface area contributed by atoms with E-state index in [0.29, 0.717) is 18.0 Å². The minimum Gasteiger partial charge on any atom is -0.508 e. The van der Waals surface area contributed by atoms with Crippen LogP contribution in [-0.4, -0.2) is 36.8 Å². The zero-order chi connectivity index (χ0) is 13.0. The molecule has 0 aromatic heterocycles. The Morgan fingerprint density at radius 3 is 3.11 bits per heavy atom. The number of piperidine rings is 1. The Hall–Kier alpha value is -1.13.